The highest BCUT2D eigenvalue weighted by molar-refractivity contribution is 9.10. The van der Waals surface area contributed by atoms with Crippen molar-refractivity contribution in [3.05, 3.63) is 58.1 Å². The van der Waals surface area contributed by atoms with Crippen molar-refractivity contribution >= 4 is 21.6 Å². The summed E-state index contributed by atoms with van der Waals surface area (Å²) in [6, 6.07) is 14.6. The first kappa shape index (κ1) is 14.9. The largest absolute Gasteiger partial charge is 0.496 e. The minimum Gasteiger partial charge on any atom is -0.496 e. The van der Waals surface area contributed by atoms with Crippen molar-refractivity contribution in [1.82, 2.24) is 0 Å². The normalized spacial score (nSPS) is 12.0. The van der Waals surface area contributed by atoms with E-state index in [4.69, 9.17) is 4.74 Å². The number of methoxy groups -OCH3 is 1. The molecule has 0 amide bonds. The summed E-state index contributed by atoms with van der Waals surface area (Å²) in [5.41, 5.74) is 3.53. The van der Waals surface area contributed by atoms with Gasteiger partial charge in [-0.2, -0.15) is 0 Å². The van der Waals surface area contributed by atoms with Crippen LogP contribution in [0.25, 0.3) is 0 Å². The topological polar surface area (TPSA) is 21.3 Å². The molecule has 3 heteroatoms. The predicted octanol–water partition coefficient (Wildman–Crippen LogP) is 5.33. The molecule has 2 rings (SSSR count). The third-order valence-electron chi connectivity index (χ3n) is 3.44. The third-order valence-corrected chi connectivity index (χ3v) is 4.50. The molecule has 0 saturated heterocycles. The van der Waals surface area contributed by atoms with E-state index in [2.05, 4.69) is 59.4 Å². The van der Waals surface area contributed by atoms with Gasteiger partial charge >= 0.3 is 0 Å². The zero-order valence-corrected chi connectivity index (χ0v) is 13.7. The standard InChI is InChI=1S/C17H20BrNO/c1-4-14(13-9-5-6-11-16(13)20-3)19-15-10-7-8-12(2)17(15)18/h5-11,14,19H,4H2,1-3H3. The molecule has 20 heavy (non-hydrogen) atoms. The van der Waals surface area contributed by atoms with Gasteiger partial charge in [-0.1, -0.05) is 37.3 Å². The summed E-state index contributed by atoms with van der Waals surface area (Å²) in [6.45, 7) is 4.27. The number of anilines is 1. The van der Waals surface area contributed by atoms with E-state index in [1.54, 1.807) is 7.11 Å². The van der Waals surface area contributed by atoms with Crippen LogP contribution in [-0.4, -0.2) is 7.11 Å². The monoisotopic (exact) mass is 333 g/mol. The number of benzene rings is 2. The second kappa shape index (κ2) is 6.80. The molecule has 0 aliphatic heterocycles. The van der Waals surface area contributed by atoms with Gasteiger partial charge in [0.05, 0.1) is 13.2 Å². The van der Waals surface area contributed by atoms with Gasteiger partial charge in [0.1, 0.15) is 5.75 Å². The molecule has 2 aromatic carbocycles. The second-order valence-electron chi connectivity index (χ2n) is 4.78. The lowest BCUT2D eigenvalue weighted by molar-refractivity contribution is 0.406. The number of para-hydroxylation sites is 1. The summed E-state index contributed by atoms with van der Waals surface area (Å²) in [4.78, 5) is 0. The van der Waals surface area contributed by atoms with Gasteiger partial charge in [-0.15, -0.1) is 0 Å². The molecular weight excluding hydrogens is 314 g/mol. The van der Waals surface area contributed by atoms with E-state index in [1.165, 1.54) is 11.1 Å². The van der Waals surface area contributed by atoms with Gasteiger partial charge in [-0.25, -0.2) is 0 Å². The molecular formula is C17H20BrNO. The Balaban J connectivity index is 2.31. The molecule has 2 nitrogen and oxygen atoms in total. The van der Waals surface area contributed by atoms with Crippen molar-refractivity contribution in [2.45, 2.75) is 26.3 Å². The molecule has 1 N–H and O–H groups in total. The molecule has 1 unspecified atom stereocenters. The van der Waals surface area contributed by atoms with Crippen molar-refractivity contribution < 1.29 is 4.74 Å². The zero-order valence-electron chi connectivity index (χ0n) is 12.1. The molecule has 0 fully saturated rings. The fourth-order valence-electron chi connectivity index (χ4n) is 2.30. The summed E-state index contributed by atoms with van der Waals surface area (Å²) in [7, 11) is 1.72. The van der Waals surface area contributed by atoms with Crippen LogP contribution < -0.4 is 10.1 Å². The van der Waals surface area contributed by atoms with Crippen molar-refractivity contribution in [1.29, 1.82) is 0 Å². The maximum absolute atomic E-state index is 5.47. The van der Waals surface area contributed by atoms with Crippen molar-refractivity contribution in [3.8, 4) is 5.75 Å². The summed E-state index contributed by atoms with van der Waals surface area (Å²) in [5.74, 6) is 0.927. The van der Waals surface area contributed by atoms with Crippen LogP contribution in [0.15, 0.2) is 46.9 Å². The number of rotatable bonds is 5. The van der Waals surface area contributed by atoms with Gasteiger partial charge in [0, 0.05) is 15.7 Å². The molecule has 0 aliphatic carbocycles. The van der Waals surface area contributed by atoms with E-state index < -0.39 is 0 Å². The number of hydrogen-bond donors (Lipinski definition) is 1. The van der Waals surface area contributed by atoms with Crippen LogP contribution in [0.2, 0.25) is 0 Å². The Labute approximate surface area is 129 Å². The van der Waals surface area contributed by atoms with Gasteiger partial charge in [0.15, 0.2) is 0 Å². The van der Waals surface area contributed by atoms with Gasteiger partial charge in [0.25, 0.3) is 0 Å². The van der Waals surface area contributed by atoms with Gasteiger partial charge in [-0.05, 0) is 47.0 Å². The van der Waals surface area contributed by atoms with Crippen molar-refractivity contribution in [2.75, 3.05) is 12.4 Å². The Morgan fingerprint density at radius 2 is 1.90 bits per heavy atom. The van der Waals surface area contributed by atoms with Crippen LogP contribution in [0.3, 0.4) is 0 Å². The lowest BCUT2D eigenvalue weighted by atomic mass is 10.0. The lowest BCUT2D eigenvalue weighted by Crippen LogP contribution is -2.11. The van der Waals surface area contributed by atoms with Crippen molar-refractivity contribution in [3.63, 3.8) is 0 Å². The molecule has 0 saturated carbocycles. The fourth-order valence-corrected chi connectivity index (χ4v) is 2.68. The maximum atomic E-state index is 5.47. The molecule has 0 heterocycles. The summed E-state index contributed by atoms with van der Waals surface area (Å²) in [5, 5.41) is 3.60. The van der Waals surface area contributed by atoms with Crippen LogP contribution >= 0.6 is 15.9 Å². The van der Waals surface area contributed by atoms with Crippen LogP contribution in [0, 0.1) is 6.92 Å². The Morgan fingerprint density at radius 1 is 1.15 bits per heavy atom. The second-order valence-corrected chi connectivity index (χ2v) is 5.58. The quantitative estimate of drug-likeness (QED) is 0.798. The average molecular weight is 334 g/mol. The molecule has 0 spiro atoms. The molecule has 0 aliphatic rings. The summed E-state index contributed by atoms with van der Waals surface area (Å²) >= 11 is 3.65. The van der Waals surface area contributed by atoms with E-state index in [1.807, 2.05) is 18.2 Å². The molecule has 2 aromatic rings. The first-order valence-electron chi connectivity index (χ1n) is 6.82. The van der Waals surface area contributed by atoms with Crippen LogP contribution in [0.1, 0.15) is 30.5 Å². The van der Waals surface area contributed by atoms with Crippen molar-refractivity contribution in [2.24, 2.45) is 0 Å². The zero-order chi connectivity index (χ0) is 14.5. The average Bonchev–Trinajstić information content (AvgIpc) is 2.49. The Bertz CT molecular complexity index is 583. The molecule has 0 aromatic heterocycles. The molecule has 0 bridgehead atoms. The summed E-state index contributed by atoms with van der Waals surface area (Å²) in [6.07, 6.45) is 0.987. The van der Waals surface area contributed by atoms with Crippen LogP contribution in [0.4, 0.5) is 5.69 Å². The highest BCUT2D eigenvalue weighted by Crippen LogP contribution is 2.33. The first-order valence-corrected chi connectivity index (χ1v) is 7.61. The number of ether oxygens (including phenoxy) is 1. The molecule has 106 valence electrons. The fraction of sp³-hybridized carbons (Fsp3) is 0.294. The maximum Gasteiger partial charge on any atom is 0.124 e. The number of halogens is 1. The minimum absolute atomic E-state index is 0.226. The molecule has 1 atom stereocenters. The Kier molecular flexibility index (Phi) is 5.07. The van der Waals surface area contributed by atoms with E-state index in [0.29, 0.717) is 0 Å². The first-order chi connectivity index (χ1) is 9.67. The Hall–Kier alpha value is -1.48. The lowest BCUT2D eigenvalue weighted by Gasteiger charge is -2.22. The van der Waals surface area contributed by atoms with E-state index in [9.17, 15) is 0 Å². The smallest absolute Gasteiger partial charge is 0.124 e. The minimum atomic E-state index is 0.226. The Morgan fingerprint density at radius 3 is 2.60 bits per heavy atom. The van der Waals surface area contributed by atoms with Crippen LogP contribution in [-0.2, 0) is 0 Å². The third kappa shape index (κ3) is 3.15. The van der Waals surface area contributed by atoms with Crippen LogP contribution in [0.5, 0.6) is 5.75 Å². The SMILES string of the molecule is CCC(Nc1cccc(C)c1Br)c1ccccc1OC. The number of hydrogen-bond acceptors (Lipinski definition) is 2. The highest BCUT2D eigenvalue weighted by atomic mass is 79.9. The molecule has 0 radical (unpaired) electrons. The van der Waals surface area contributed by atoms with Gasteiger partial charge < -0.3 is 10.1 Å². The van der Waals surface area contributed by atoms with Gasteiger partial charge in [0.2, 0.25) is 0 Å². The number of nitrogens with one attached hydrogen (secondary N) is 1. The predicted molar refractivity (Wildman–Crippen MR) is 88.5 cm³/mol. The summed E-state index contributed by atoms with van der Waals surface area (Å²) < 4.78 is 6.59. The highest BCUT2D eigenvalue weighted by Gasteiger charge is 2.15. The van der Waals surface area contributed by atoms with E-state index in [0.717, 1.165) is 22.3 Å². The van der Waals surface area contributed by atoms with Gasteiger partial charge in [-0.3, -0.25) is 0 Å². The van der Waals surface area contributed by atoms with E-state index in [-0.39, 0.29) is 6.04 Å². The number of aryl methyl sites for hydroxylation is 1. The van der Waals surface area contributed by atoms with E-state index >= 15 is 0 Å².